The summed E-state index contributed by atoms with van der Waals surface area (Å²) in [6.45, 7) is 5.45. The number of alkyl carbamates (subject to hydrolysis) is 1. The van der Waals surface area contributed by atoms with Crippen LogP contribution in [0.1, 0.15) is 27.2 Å². The van der Waals surface area contributed by atoms with Gasteiger partial charge in [0, 0.05) is 13.0 Å². The second-order valence-electron chi connectivity index (χ2n) is 5.80. The predicted molar refractivity (Wildman–Crippen MR) is 67.1 cm³/mol. The summed E-state index contributed by atoms with van der Waals surface area (Å²) in [6.07, 6.45) is -2.34. The van der Waals surface area contributed by atoms with Crippen molar-refractivity contribution in [3.63, 3.8) is 0 Å². The normalized spacial score (nSPS) is 25.1. The summed E-state index contributed by atoms with van der Waals surface area (Å²) in [7, 11) is 1.22. The van der Waals surface area contributed by atoms with Crippen molar-refractivity contribution in [3.8, 4) is 0 Å². The zero-order chi connectivity index (χ0) is 14.8. The first kappa shape index (κ1) is 15.7. The van der Waals surface area contributed by atoms with E-state index >= 15 is 0 Å². The summed E-state index contributed by atoms with van der Waals surface area (Å²) in [5.74, 6) is -0.429. The first-order valence-electron chi connectivity index (χ1n) is 6.18. The van der Waals surface area contributed by atoms with Gasteiger partial charge >= 0.3 is 6.09 Å². The van der Waals surface area contributed by atoms with Crippen LogP contribution in [0, 0.1) is 5.41 Å². The standard InChI is InChI=1S/C12H22N2O5/c1-12(2,3)9(13-11(18)19-4)10(17)14-6-7(15)5-8(14)16/h7-9,15-16H,5-6H2,1-4H3,(H,13,18)/t7-,8+,9+/m0/s1. The summed E-state index contributed by atoms with van der Waals surface area (Å²) in [4.78, 5) is 24.9. The van der Waals surface area contributed by atoms with Gasteiger partial charge in [-0.3, -0.25) is 4.79 Å². The van der Waals surface area contributed by atoms with E-state index < -0.39 is 35.8 Å². The third-order valence-corrected chi connectivity index (χ3v) is 3.09. The van der Waals surface area contributed by atoms with E-state index in [1.807, 2.05) is 0 Å². The molecule has 0 aromatic rings. The van der Waals surface area contributed by atoms with Gasteiger partial charge in [-0.05, 0) is 5.41 Å². The lowest BCUT2D eigenvalue weighted by Gasteiger charge is -2.34. The molecule has 3 atom stereocenters. The maximum atomic E-state index is 12.4. The van der Waals surface area contributed by atoms with E-state index in [2.05, 4.69) is 10.1 Å². The Kier molecular flexibility index (Phi) is 4.75. The number of amides is 2. The van der Waals surface area contributed by atoms with Gasteiger partial charge in [-0.25, -0.2) is 4.79 Å². The Bertz CT molecular complexity index is 353. The number of aliphatic hydroxyl groups excluding tert-OH is 2. The molecule has 1 aliphatic heterocycles. The van der Waals surface area contributed by atoms with Crippen LogP contribution in [0.4, 0.5) is 4.79 Å². The molecule has 7 nitrogen and oxygen atoms in total. The van der Waals surface area contributed by atoms with Crippen LogP contribution >= 0.6 is 0 Å². The second-order valence-corrected chi connectivity index (χ2v) is 5.80. The van der Waals surface area contributed by atoms with E-state index in [0.717, 1.165) is 0 Å². The van der Waals surface area contributed by atoms with Crippen LogP contribution in [0.25, 0.3) is 0 Å². The SMILES string of the molecule is COC(=O)N[C@H](C(=O)N1C[C@@H](O)C[C@H]1O)C(C)(C)C. The molecule has 1 rings (SSSR count). The van der Waals surface area contributed by atoms with Crippen LogP contribution in [-0.4, -0.2) is 59.1 Å². The Morgan fingerprint density at radius 1 is 1.37 bits per heavy atom. The van der Waals surface area contributed by atoms with Crippen molar-refractivity contribution in [3.05, 3.63) is 0 Å². The molecule has 1 heterocycles. The smallest absolute Gasteiger partial charge is 0.407 e. The van der Waals surface area contributed by atoms with Gasteiger partial charge in [-0.1, -0.05) is 20.8 Å². The number of aliphatic hydroxyl groups is 2. The van der Waals surface area contributed by atoms with Gasteiger partial charge < -0.3 is 25.2 Å². The summed E-state index contributed by atoms with van der Waals surface area (Å²) >= 11 is 0. The Morgan fingerprint density at radius 3 is 2.32 bits per heavy atom. The highest BCUT2D eigenvalue weighted by molar-refractivity contribution is 5.86. The fourth-order valence-corrected chi connectivity index (χ4v) is 2.02. The molecule has 1 saturated heterocycles. The molecule has 19 heavy (non-hydrogen) atoms. The number of nitrogens with zero attached hydrogens (tertiary/aromatic N) is 1. The molecule has 2 amide bonds. The number of carbonyl (C=O) groups is 2. The third-order valence-electron chi connectivity index (χ3n) is 3.09. The lowest BCUT2D eigenvalue weighted by atomic mass is 9.86. The van der Waals surface area contributed by atoms with Crippen LogP contribution in [0.5, 0.6) is 0 Å². The maximum Gasteiger partial charge on any atom is 0.407 e. The Labute approximate surface area is 112 Å². The Hall–Kier alpha value is -1.34. The molecule has 1 aliphatic rings. The fourth-order valence-electron chi connectivity index (χ4n) is 2.02. The predicted octanol–water partition coefficient (Wildman–Crippen LogP) is -0.331. The van der Waals surface area contributed by atoms with E-state index in [4.69, 9.17) is 0 Å². The minimum atomic E-state index is -1.02. The second kappa shape index (κ2) is 5.75. The summed E-state index contributed by atoms with van der Waals surface area (Å²) in [5.41, 5.74) is -0.543. The molecule has 0 unspecified atom stereocenters. The average molecular weight is 274 g/mol. The van der Waals surface area contributed by atoms with Crippen LogP contribution in [-0.2, 0) is 9.53 Å². The quantitative estimate of drug-likeness (QED) is 0.640. The zero-order valence-corrected chi connectivity index (χ0v) is 11.7. The lowest BCUT2D eigenvalue weighted by molar-refractivity contribution is -0.142. The van der Waals surface area contributed by atoms with Gasteiger partial charge in [0.1, 0.15) is 12.3 Å². The molecule has 110 valence electrons. The van der Waals surface area contributed by atoms with E-state index in [9.17, 15) is 19.8 Å². The average Bonchev–Trinajstić information content (AvgIpc) is 2.62. The van der Waals surface area contributed by atoms with Gasteiger partial charge in [0.25, 0.3) is 0 Å². The highest BCUT2D eigenvalue weighted by Gasteiger charge is 2.41. The molecule has 0 aromatic heterocycles. The summed E-state index contributed by atoms with van der Waals surface area (Å²) in [5, 5.41) is 21.7. The summed E-state index contributed by atoms with van der Waals surface area (Å²) < 4.78 is 4.50. The van der Waals surface area contributed by atoms with Gasteiger partial charge in [0.05, 0.1) is 13.2 Å². The summed E-state index contributed by atoms with van der Waals surface area (Å²) in [6, 6.07) is -0.833. The van der Waals surface area contributed by atoms with E-state index in [1.54, 1.807) is 20.8 Å². The number of rotatable bonds is 2. The number of nitrogens with one attached hydrogen (secondary N) is 1. The molecule has 0 saturated carbocycles. The minimum Gasteiger partial charge on any atom is -0.453 e. The first-order chi connectivity index (χ1) is 8.66. The van der Waals surface area contributed by atoms with Crippen molar-refractivity contribution in [2.45, 2.75) is 45.6 Å². The van der Waals surface area contributed by atoms with Gasteiger partial charge in [-0.2, -0.15) is 0 Å². The van der Waals surface area contributed by atoms with Crippen molar-refractivity contribution in [2.75, 3.05) is 13.7 Å². The minimum absolute atomic E-state index is 0.0649. The van der Waals surface area contributed by atoms with Gasteiger partial charge in [-0.15, -0.1) is 0 Å². The van der Waals surface area contributed by atoms with Gasteiger partial charge in [0.2, 0.25) is 5.91 Å². The molecular formula is C12H22N2O5. The first-order valence-corrected chi connectivity index (χ1v) is 6.18. The van der Waals surface area contributed by atoms with Gasteiger partial charge in [0.15, 0.2) is 0 Å². The number of methoxy groups -OCH3 is 1. The lowest BCUT2D eigenvalue weighted by Crippen LogP contribution is -2.55. The third kappa shape index (κ3) is 3.81. The number of hydrogen-bond donors (Lipinski definition) is 3. The molecule has 1 fully saturated rings. The number of hydrogen-bond acceptors (Lipinski definition) is 5. The molecule has 0 radical (unpaired) electrons. The number of carbonyl (C=O) groups excluding carboxylic acids is 2. The van der Waals surface area contributed by atoms with Crippen LogP contribution < -0.4 is 5.32 Å². The van der Waals surface area contributed by atoms with Crippen LogP contribution in [0.2, 0.25) is 0 Å². The highest BCUT2D eigenvalue weighted by Crippen LogP contribution is 2.25. The molecule has 0 bridgehead atoms. The van der Waals surface area contributed by atoms with Crippen molar-refractivity contribution in [2.24, 2.45) is 5.41 Å². The molecular weight excluding hydrogens is 252 g/mol. The molecule has 0 aromatic carbocycles. The van der Waals surface area contributed by atoms with Crippen molar-refractivity contribution in [1.29, 1.82) is 0 Å². The maximum absolute atomic E-state index is 12.4. The molecule has 0 spiro atoms. The van der Waals surface area contributed by atoms with Crippen molar-refractivity contribution in [1.82, 2.24) is 10.2 Å². The topological polar surface area (TPSA) is 99.1 Å². The van der Waals surface area contributed by atoms with E-state index in [0.29, 0.717) is 0 Å². The highest BCUT2D eigenvalue weighted by atomic mass is 16.5. The van der Waals surface area contributed by atoms with Crippen LogP contribution in [0.15, 0.2) is 0 Å². The number of ether oxygens (including phenoxy) is 1. The monoisotopic (exact) mass is 274 g/mol. The number of likely N-dealkylation sites (tertiary alicyclic amines) is 1. The van der Waals surface area contributed by atoms with E-state index in [-0.39, 0.29) is 13.0 Å². The Balaban J connectivity index is 2.86. The molecule has 7 heteroatoms. The van der Waals surface area contributed by atoms with E-state index in [1.165, 1.54) is 12.0 Å². The zero-order valence-electron chi connectivity index (χ0n) is 11.7. The molecule has 3 N–H and O–H groups in total. The van der Waals surface area contributed by atoms with Crippen molar-refractivity contribution >= 4 is 12.0 Å². The van der Waals surface area contributed by atoms with Crippen molar-refractivity contribution < 1.29 is 24.5 Å². The van der Waals surface area contributed by atoms with Crippen LogP contribution in [0.3, 0.4) is 0 Å². The number of β-amino-alcohol motifs (C(OH)–C–C–N with tert-alkyl or cyclic N) is 1. The fraction of sp³-hybridized carbons (Fsp3) is 0.833. The molecule has 0 aliphatic carbocycles. The largest absolute Gasteiger partial charge is 0.453 e. The Morgan fingerprint density at radius 2 is 1.95 bits per heavy atom.